The first-order valence-electron chi connectivity index (χ1n) is 6.83. The lowest BCUT2D eigenvalue weighted by Gasteiger charge is -2.42. The van der Waals surface area contributed by atoms with Gasteiger partial charge in [-0.25, -0.2) is 0 Å². The Kier molecular flexibility index (Phi) is 4.17. The van der Waals surface area contributed by atoms with E-state index >= 15 is 0 Å². The Balaban J connectivity index is 2.79. The summed E-state index contributed by atoms with van der Waals surface area (Å²) in [6.07, 6.45) is 3.10. The van der Waals surface area contributed by atoms with E-state index in [2.05, 4.69) is 31.2 Å². The summed E-state index contributed by atoms with van der Waals surface area (Å²) in [5.41, 5.74) is 4.71. The monoisotopic (exact) mass is 269 g/mol. The molecule has 5 nitrogen and oxygen atoms in total. The van der Waals surface area contributed by atoms with Gasteiger partial charge < -0.3 is 16.3 Å². The number of carbonyl (C=O) groups excluding carboxylic acids is 1. The molecule has 0 saturated heterocycles. The lowest BCUT2D eigenvalue weighted by atomic mass is 9.66. The van der Waals surface area contributed by atoms with Crippen LogP contribution < -0.4 is 11.1 Å². The Morgan fingerprint density at radius 1 is 1.32 bits per heavy atom. The Morgan fingerprint density at radius 3 is 2.16 bits per heavy atom. The summed E-state index contributed by atoms with van der Waals surface area (Å²) in [4.78, 5) is 12.5. The van der Waals surface area contributed by atoms with E-state index < -0.39 is 5.41 Å². The number of nitrogens with two attached hydrogens (primary N) is 1. The molecule has 4 N–H and O–H groups in total. The molecule has 1 saturated carbocycles. The van der Waals surface area contributed by atoms with Crippen LogP contribution >= 0.6 is 0 Å². The quantitative estimate of drug-likeness (QED) is 0.316. The molecular formula is C14H27N3O2. The molecule has 0 aromatic carbocycles. The summed E-state index contributed by atoms with van der Waals surface area (Å²) in [5, 5.41) is 15.0. The highest BCUT2D eigenvalue weighted by Gasteiger charge is 2.49. The smallest absolute Gasteiger partial charge is 0.234 e. The number of amidine groups is 1. The lowest BCUT2D eigenvalue weighted by Crippen LogP contribution is -2.58. The molecule has 0 unspecified atom stereocenters. The molecule has 110 valence electrons. The van der Waals surface area contributed by atoms with Crippen LogP contribution in [0.5, 0.6) is 0 Å². The van der Waals surface area contributed by atoms with Crippen LogP contribution in [0.15, 0.2) is 5.16 Å². The van der Waals surface area contributed by atoms with Gasteiger partial charge in [-0.3, -0.25) is 4.79 Å². The Morgan fingerprint density at radius 2 is 1.84 bits per heavy atom. The Labute approximate surface area is 115 Å². The number of rotatable bonds is 4. The summed E-state index contributed by atoms with van der Waals surface area (Å²) in [7, 11) is 0. The van der Waals surface area contributed by atoms with Crippen LogP contribution in [0.4, 0.5) is 0 Å². The zero-order valence-corrected chi connectivity index (χ0v) is 12.7. The number of nitrogens with one attached hydrogen (secondary N) is 1. The first kappa shape index (κ1) is 15.8. The van der Waals surface area contributed by atoms with Crippen LogP contribution in [0, 0.1) is 10.8 Å². The summed E-state index contributed by atoms with van der Waals surface area (Å²) in [6.45, 7) is 10.4. The van der Waals surface area contributed by atoms with E-state index in [9.17, 15) is 4.79 Å². The molecule has 1 fully saturated rings. The molecular weight excluding hydrogens is 242 g/mol. The van der Waals surface area contributed by atoms with Gasteiger partial charge in [-0.1, -0.05) is 32.3 Å². The van der Waals surface area contributed by atoms with Crippen LogP contribution in [-0.4, -0.2) is 22.5 Å². The minimum absolute atomic E-state index is 0.0304. The fraction of sp³-hybridized carbons (Fsp3) is 0.857. The minimum atomic E-state index is -0.802. The van der Waals surface area contributed by atoms with Gasteiger partial charge in [0.1, 0.15) is 5.41 Å². The Bertz CT molecular complexity index is 377. The molecule has 1 aliphatic carbocycles. The number of oxime groups is 1. The number of hydrogen-bond acceptors (Lipinski definition) is 3. The number of hydrogen-bond donors (Lipinski definition) is 3. The van der Waals surface area contributed by atoms with Crippen LogP contribution in [0.2, 0.25) is 0 Å². The highest BCUT2D eigenvalue weighted by atomic mass is 16.4. The van der Waals surface area contributed by atoms with Crippen LogP contribution in [-0.2, 0) is 4.79 Å². The van der Waals surface area contributed by atoms with E-state index in [0.717, 1.165) is 12.8 Å². The standard InChI is InChI=1S/C14H27N3O2/c1-12(2,3)9-13(4,5)16-11(18)14(7-6-8-14)10(15)17-19/h19H,6-9H2,1-5H3,(H2,15,17)(H,16,18). The van der Waals surface area contributed by atoms with Crippen LogP contribution in [0.3, 0.4) is 0 Å². The molecule has 0 spiro atoms. The van der Waals surface area contributed by atoms with Crippen molar-refractivity contribution < 1.29 is 10.0 Å². The van der Waals surface area contributed by atoms with Gasteiger partial charge in [-0.2, -0.15) is 0 Å². The molecule has 0 atom stereocenters. The molecule has 1 rings (SSSR count). The largest absolute Gasteiger partial charge is 0.409 e. The van der Waals surface area contributed by atoms with Gasteiger partial charge in [0.25, 0.3) is 0 Å². The molecule has 0 aliphatic heterocycles. The van der Waals surface area contributed by atoms with E-state index in [1.54, 1.807) is 0 Å². The topological polar surface area (TPSA) is 87.7 Å². The van der Waals surface area contributed by atoms with Crippen molar-refractivity contribution >= 4 is 11.7 Å². The fourth-order valence-electron chi connectivity index (χ4n) is 3.02. The molecule has 0 heterocycles. The molecule has 0 aromatic heterocycles. The molecule has 0 bridgehead atoms. The van der Waals surface area contributed by atoms with Gasteiger partial charge >= 0.3 is 0 Å². The average molecular weight is 269 g/mol. The van der Waals surface area contributed by atoms with E-state index in [1.165, 1.54) is 0 Å². The highest BCUT2D eigenvalue weighted by Crippen LogP contribution is 2.42. The second kappa shape index (κ2) is 5.02. The van der Waals surface area contributed by atoms with Crippen molar-refractivity contribution in [3.05, 3.63) is 0 Å². The van der Waals surface area contributed by atoms with Crippen molar-refractivity contribution in [1.82, 2.24) is 5.32 Å². The van der Waals surface area contributed by atoms with Crippen molar-refractivity contribution in [2.24, 2.45) is 21.7 Å². The number of amides is 1. The van der Waals surface area contributed by atoms with Crippen molar-refractivity contribution in [3.8, 4) is 0 Å². The minimum Gasteiger partial charge on any atom is -0.409 e. The summed E-state index contributed by atoms with van der Waals surface area (Å²) in [5.74, 6) is -0.0916. The first-order chi connectivity index (χ1) is 8.52. The predicted molar refractivity (Wildman–Crippen MR) is 76.0 cm³/mol. The summed E-state index contributed by atoms with van der Waals surface area (Å²) < 4.78 is 0. The fourth-order valence-corrected chi connectivity index (χ4v) is 3.02. The Hall–Kier alpha value is -1.26. The van der Waals surface area contributed by atoms with E-state index in [0.29, 0.717) is 12.8 Å². The maximum atomic E-state index is 12.5. The van der Waals surface area contributed by atoms with Gasteiger partial charge in [0, 0.05) is 5.54 Å². The third kappa shape index (κ3) is 3.61. The van der Waals surface area contributed by atoms with E-state index in [4.69, 9.17) is 10.9 Å². The number of nitrogens with zero attached hydrogens (tertiary/aromatic N) is 1. The van der Waals surface area contributed by atoms with Gasteiger partial charge in [0.2, 0.25) is 5.91 Å². The van der Waals surface area contributed by atoms with Gasteiger partial charge in [-0.05, 0) is 38.5 Å². The molecule has 0 aromatic rings. The van der Waals surface area contributed by atoms with Crippen LogP contribution in [0.25, 0.3) is 0 Å². The molecule has 1 aliphatic rings. The SMILES string of the molecule is CC(C)(C)CC(C)(C)NC(=O)C1(C(N)=NO)CCC1. The zero-order chi connectivity index (χ0) is 14.9. The van der Waals surface area contributed by atoms with Gasteiger partial charge in [0.15, 0.2) is 5.84 Å². The second-order valence-corrected chi connectivity index (χ2v) is 7.50. The zero-order valence-electron chi connectivity index (χ0n) is 12.7. The van der Waals surface area contributed by atoms with E-state index in [1.807, 2.05) is 13.8 Å². The highest BCUT2D eigenvalue weighted by molar-refractivity contribution is 6.07. The summed E-state index contributed by atoms with van der Waals surface area (Å²) in [6, 6.07) is 0. The van der Waals surface area contributed by atoms with Gasteiger partial charge in [-0.15, -0.1) is 0 Å². The lowest BCUT2D eigenvalue weighted by molar-refractivity contribution is -0.133. The maximum Gasteiger partial charge on any atom is 0.234 e. The van der Waals surface area contributed by atoms with Crippen LogP contribution in [0.1, 0.15) is 60.3 Å². The first-order valence-corrected chi connectivity index (χ1v) is 6.83. The number of carbonyl (C=O) groups is 1. The molecule has 5 heteroatoms. The molecule has 19 heavy (non-hydrogen) atoms. The third-order valence-corrected chi connectivity index (χ3v) is 3.66. The third-order valence-electron chi connectivity index (χ3n) is 3.66. The van der Waals surface area contributed by atoms with Crippen molar-refractivity contribution in [2.75, 3.05) is 0 Å². The van der Waals surface area contributed by atoms with Crippen molar-refractivity contribution in [3.63, 3.8) is 0 Å². The maximum absolute atomic E-state index is 12.5. The second-order valence-electron chi connectivity index (χ2n) is 7.50. The molecule has 0 radical (unpaired) electrons. The molecule has 1 amide bonds. The summed E-state index contributed by atoms with van der Waals surface area (Å²) >= 11 is 0. The van der Waals surface area contributed by atoms with Gasteiger partial charge in [0.05, 0.1) is 0 Å². The predicted octanol–water partition coefficient (Wildman–Crippen LogP) is 2.23. The van der Waals surface area contributed by atoms with Crippen molar-refractivity contribution in [2.45, 2.75) is 65.8 Å². The van der Waals surface area contributed by atoms with Crippen molar-refractivity contribution in [1.29, 1.82) is 0 Å². The average Bonchev–Trinajstić information content (AvgIpc) is 2.09. The van der Waals surface area contributed by atoms with E-state index in [-0.39, 0.29) is 22.7 Å². The normalized spacial score (nSPS) is 19.7.